The number of anilines is 1. The van der Waals surface area contributed by atoms with Gasteiger partial charge >= 0.3 is 5.97 Å². The van der Waals surface area contributed by atoms with Crippen molar-refractivity contribution in [1.82, 2.24) is 4.98 Å². The summed E-state index contributed by atoms with van der Waals surface area (Å²) >= 11 is 0. The van der Waals surface area contributed by atoms with Gasteiger partial charge in [-0.1, -0.05) is 6.08 Å². The first kappa shape index (κ1) is 12.4. The maximum Gasteiger partial charge on any atom is 0.328 e. The third kappa shape index (κ3) is 3.20. The van der Waals surface area contributed by atoms with Crippen molar-refractivity contribution in [3.05, 3.63) is 42.6 Å². The number of rotatable bonds is 6. The number of hydrogen-bond donors (Lipinski definition) is 1. The molecule has 0 saturated heterocycles. The molecule has 1 N–H and O–H groups in total. The van der Waals surface area contributed by atoms with Gasteiger partial charge in [0.15, 0.2) is 0 Å². The third-order valence-corrected chi connectivity index (χ3v) is 2.80. The standard InChI is InChI=1S/C14H16N2O2/c1-2-9-16(12-5-6-12)13-7-3-11(10-15-13)4-8-14(17)18/h2-4,7-8,10,12H,1,5-6,9H2,(H,17,18)/b8-4+. The summed E-state index contributed by atoms with van der Waals surface area (Å²) in [5, 5.41) is 8.54. The van der Waals surface area contributed by atoms with Gasteiger partial charge in [0.05, 0.1) is 0 Å². The van der Waals surface area contributed by atoms with E-state index in [2.05, 4.69) is 16.5 Å². The molecule has 0 spiro atoms. The quantitative estimate of drug-likeness (QED) is 0.616. The molecule has 1 fully saturated rings. The predicted molar refractivity (Wildman–Crippen MR) is 71.5 cm³/mol. The molecule has 94 valence electrons. The largest absolute Gasteiger partial charge is 0.478 e. The smallest absolute Gasteiger partial charge is 0.328 e. The molecule has 1 aliphatic carbocycles. The summed E-state index contributed by atoms with van der Waals surface area (Å²) in [5.41, 5.74) is 0.788. The summed E-state index contributed by atoms with van der Waals surface area (Å²) in [6.45, 7) is 4.55. The van der Waals surface area contributed by atoms with Gasteiger partial charge in [-0.25, -0.2) is 9.78 Å². The van der Waals surface area contributed by atoms with Crippen LogP contribution in [0.1, 0.15) is 18.4 Å². The highest BCUT2D eigenvalue weighted by Gasteiger charge is 2.28. The summed E-state index contributed by atoms with van der Waals surface area (Å²) in [6.07, 6.45) is 8.62. The minimum atomic E-state index is -0.953. The number of hydrogen-bond acceptors (Lipinski definition) is 3. The zero-order valence-electron chi connectivity index (χ0n) is 10.1. The minimum Gasteiger partial charge on any atom is -0.478 e. The van der Waals surface area contributed by atoms with Gasteiger partial charge in [-0.05, 0) is 36.6 Å². The lowest BCUT2D eigenvalue weighted by molar-refractivity contribution is -0.131. The molecule has 1 aromatic heterocycles. The van der Waals surface area contributed by atoms with E-state index in [1.165, 1.54) is 18.9 Å². The first-order chi connectivity index (χ1) is 8.70. The van der Waals surface area contributed by atoms with Crippen LogP contribution in [0.5, 0.6) is 0 Å². The summed E-state index contributed by atoms with van der Waals surface area (Å²) < 4.78 is 0. The van der Waals surface area contributed by atoms with E-state index in [0.717, 1.165) is 24.0 Å². The first-order valence-electron chi connectivity index (χ1n) is 5.95. The van der Waals surface area contributed by atoms with E-state index < -0.39 is 5.97 Å². The predicted octanol–water partition coefficient (Wildman–Crippen LogP) is 2.33. The SMILES string of the molecule is C=CCN(c1ccc(/C=C/C(=O)O)cn1)C1CC1. The Morgan fingerprint density at radius 1 is 1.56 bits per heavy atom. The van der Waals surface area contributed by atoms with Crippen LogP contribution in [0, 0.1) is 0 Å². The third-order valence-electron chi connectivity index (χ3n) is 2.80. The molecule has 0 radical (unpaired) electrons. The van der Waals surface area contributed by atoms with Gasteiger partial charge < -0.3 is 10.0 Å². The van der Waals surface area contributed by atoms with E-state index in [9.17, 15) is 4.79 Å². The van der Waals surface area contributed by atoms with Crippen molar-refractivity contribution in [2.24, 2.45) is 0 Å². The lowest BCUT2D eigenvalue weighted by Gasteiger charge is -2.21. The van der Waals surface area contributed by atoms with E-state index in [1.807, 2.05) is 18.2 Å². The topological polar surface area (TPSA) is 53.4 Å². The molecule has 0 unspecified atom stereocenters. The van der Waals surface area contributed by atoms with Gasteiger partial charge in [0.2, 0.25) is 0 Å². The molecular formula is C14H16N2O2. The number of carbonyl (C=O) groups is 1. The van der Waals surface area contributed by atoms with Crippen LogP contribution >= 0.6 is 0 Å². The minimum absolute atomic E-state index is 0.580. The Hall–Kier alpha value is -2.10. The Kier molecular flexibility index (Phi) is 3.77. The highest BCUT2D eigenvalue weighted by molar-refractivity contribution is 5.85. The molecule has 0 bridgehead atoms. The highest BCUT2D eigenvalue weighted by atomic mass is 16.4. The number of aliphatic carboxylic acids is 1. The molecule has 1 heterocycles. The van der Waals surface area contributed by atoms with Gasteiger partial charge in [-0.2, -0.15) is 0 Å². The molecule has 1 saturated carbocycles. The highest BCUT2D eigenvalue weighted by Crippen LogP contribution is 2.30. The molecule has 0 aliphatic heterocycles. The van der Waals surface area contributed by atoms with Crippen LogP contribution in [-0.2, 0) is 4.79 Å². The van der Waals surface area contributed by atoms with Crippen LogP contribution in [0.3, 0.4) is 0 Å². The second-order valence-electron chi connectivity index (χ2n) is 4.29. The van der Waals surface area contributed by atoms with E-state index >= 15 is 0 Å². The average Bonchev–Trinajstić information content (AvgIpc) is 3.18. The molecule has 1 aromatic rings. The van der Waals surface area contributed by atoms with E-state index in [4.69, 9.17) is 5.11 Å². The van der Waals surface area contributed by atoms with E-state index in [-0.39, 0.29) is 0 Å². The van der Waals surface area contributed by atoms with Crippen LogP contribution in [0.15, 0.2) is 37.1 Å². The van der Waals surface area contributed by atoms with Gasteiger partial charge in [0, 0.05) is 24.9 Å². The van der Waals surface area contributed by atoms with Crippen molar-refractivity contribution in [2.45, 2.75) is 18.9 Å². The lowest BCUT2D eigenvalue weighted by atomic mass is 10.2. The summed E-state index contributed by atoms with van der Waals surface area (Å²) in [4.78, 5) is 17.0. The number of nitrogens with zero attached hydrogens (tertiary/aromatic N) is 2. The molecule has 18 heavy (non-hydrogen) atoms. The maximum atomic E-state index is 10.4. The number of carboxylic acids is 1. The van der Waals surface area contributed by atoms with E-state index in [0.29, 0.717) is 6.04 Å². The maximum absolute atomic E-state index is 10.4. The van der Waals surface area contributed by atoms with Crippen molar-refractivity contribution >= 4 is 17.9 Å². The molecule has 4 heteroatoms. The Morgan fingerprint density at radius 2 is 2.33 bits per heavy atom. The van der Waals surface area contributed by atoms with Crippen LogP contribution < -0.4 is 4.90 Å². The molecule has 0 amide bonds. The Labute approximate surface area is 106 Å². The van der Waals surface area contributed by atoms with Gasteiger partial charge in [-0.3, -0.25) is 0 Å². The number of pyridine rings is 1. The van der Waals surface area contributed by atoms with Crippen molar-refractivity contribution in [3.63, 3.8) is 0 Å². The summed E-state index contributed by atoms with van der Waals surface area (Å²) in [6, 6.07) is 4.37. The fourth-order valence-corrected chi connectivity index (χ4v) is 1.79. The van der Waals surface area contributed by atoms with Crippen molar-refractivity contribution in [1.29, 1.82) is 0 Å². The Morgan fingerprint density at radius 3 is 2.83 bits per heavy atom. The van der Waals surface area contributed by atoms with Crippen LogP contribution in [0.4, 0.5) is 5.82 Å². The van der Waals surface area contributed by atoms with Gasteiger partial charge in [0.25, 0.3) is 0 Å². The van der Waals surface area contributed by atoms with Crippen molar-refractivity contribution < 1.29 is 9.90 Å². The zero-order chi connectivity index (χ0) is 13.0. The Bertz CT molecular complexity index is 461. The second kappa shape index (κ2) is 5.49. The molecule has 0 atom stereocenters. The molecule has 1 aliphatic rings. The van der Waals surface area contributed by atoms with E-state index in [1.54, 1.807) is 6.20 Å². The molecule has 0 aromatic carbocycles. The van der Waals surface area contributed by atoms with Crippen LogP contribution in [0.2, 0.25) is 0 Å². The molecule has 2 rings (SSSR count). The van der Waals surface area contributed by atoms with Gasteiger partial charge in [-0.15, -0.1) is 6.58 Å². The number of carboxylic acid groups (broad SMARTS) is 1. The lowest BCUT2D eigenvalue weighted by Crippen LogP contribution is -2.26. The first-order valence-corrected chi connectivity index (χ1v) is 5.95. The van der Waals surface area contributed by atoms with Crippen molar-refractivity contribution in [2.75, 3.05) is 11.4 Å². The molecule has 4 nitrogen and oxygen atoms in total. The monoisotopic (exact) mass is 244 g/mol. The zero-order valence-corrected chi connectivity index (χ0v) is 10.1. The van der Waals surface area contributed by atoms with Gasteiger partial charge in [0.1, 0.15) is 5.82 Å². The fourth-order valence-electron chi connectivity index (χ4n) is 1.79. The summed E-state index contributed by atoms with van der Waals surface area (Å²) in [7, 11) is 0. The second-order valence-corrected chi connectivity index (χ2v) is 4.29. The average molecular weight is 244 g/mol. The summed E-state index contributed by atoms with van der Waals surface area (Å²) in [5.74, 6) is -0.0322. The fraction of sp³-hybridized carbons (Fsp3) is 0.286. The number of aromatic nitrogens is 1. The van der Waals surface area contributed by atoms with Crippen LogP contribution in [-0.4, -0.2) is 28.6 Å². The Balaban J connectivity index is 2.10. The van der Waals surface area contributed by atoms with Crippen LogP contribution in [0.25, 0.3) is 6.08 Å². The molecular weight excluding hydrogens is 228 g/mol. The van der Waals surface area contributed by atoms with Crippen molar-refractivity contribution in [3.8, 4) is 0 Å². The normalized spacial score (nSPS) is 14.7.